The van der Waals surface area contributed by atoms with E-state index in [-0.39, 0.29) is 29.4 Å². The highest BCUT2D eigenvalue weighted by Gasteiger charge is 2.45. The minimum Gasteiger partial charge on any atom is -0.383 e. The lowest BCUT2D eigenvalue weighted by Gasteiger charge is -2.25. The number of nitrogens with two attached hydrogens (primary N) is 1. The molecule has 0 radical (unpaired) electrons. The van der Waals surface area contributed by atoms with E-state index >= 15 is 0 Å². The van der Waals surface area contributed by atoms with E-state index in [1.807, 2.05) is 6.92 Å². The number of methoxy groups -OCH3 is 1. The van der Waals surface area contributed by atoms with Crippen molar-refractivity contribution in [2.75, 3.05) is 26.1 Å². The second-order valence-corrected chi connectivity index (χ2v) is 8.02. The third kappa shape index (κ3) is 4.80. The molecule has 0 saturated carbocycles. The summed E-state index contributed by atoms with van der Waals surface area (Å²) >= 11 is 0. The van der Waals surface area contributed by atoms with Gasteiger partial charge in [-0.15, -0.1) is 0 Å². The fourth-order valence-electron chi connectivity index (χ4n) is 3.18. The van der Waals surface area contributed by atoms with Gasteiger partial charge >= 0.3 is 5.69 Å². The Morgan fingerprint density at radius 2 is 2.04 bits per heavy atom. The molecule has 1 aliphatic heterocycles. The first-order valence-corrected chi connectivity index (χ1v) is 8.75. The molecule has 1 fully saturated rings. The molecule has 142 valence electrons. The van der Waals surface area contributed by atoms with E-state index in [9.17, 15) is 4.79 Å². The van der Waals surface area contributed by atoms with Crippen molar-refractivity contribution < 1.29 is 14.2 Å². The number of nitrogens with zero attached hydrogens (tertiary/aromatic N) is 2. The van der Waals surface area contributed by atoms with Gasteiger partial charge in [0.25, 0.3) is 0 Å². The first-order valence-electron chi connectivity index (χ1n) is 8.75. The Morgan fingerprint density at radius 3 is 2.64 bits per heavy atom. The van der Waals surface area contributed by atoms with Crippen LogP contribution in [0.25, 0.3) is 0 Å². The van der Waals surface area contributed by atoms with Crippen LogP contribution in [0.1, 0.15) is 45.9 Å². The summed E-state index contributed by atoms with van der Waals surface area (Å²) in [6.45, 7) is 11.4. The molecule has 0 unspecified atom stereocenters. The van der Waals surface area contributed by atoms with Gasteiger partial charge in [0.1, 0.15) is 11.9 Å². The average Bonchev–Trinajstić information content (AvgIpc) is 2.78. The van der Waals surface area contributed by atoms with Crippen LogP contribution in [0.3, 0.4) is 0 Å². The van der Waals surface area contributed by atoms with Gasteiger partial charge in [-0.2, -0.15) is 4.98 Å². The average molecular weight is 353 g/mol. The number of ether oxygens (including phenoxy) is 3. The van der Waals surface area contributed by atoms with Gasteiger partial charge in [0.15, 0.2) is 6.23 Å². The minimum absolute atomic E-state index is 0.00213. The van der Waals surface area contributed by atoms with Crippen molar-refractivity contribution in [2.24, 2.45) is 11.3 Å². The first-order chi connectivity index (χ1) is 11.6. The molecule has 0 bridgehead atoms. The van der Waals surface area contributed by atoms with Crippen molar-refractivity contribution >= 4 is 5.82 Å². The Balaban J connectivity index is 2.31. The van der Waals surface area contributed by atoms with E-state index < -0.39 is 11.9 Å². The Morgan fingerprint density at radius 1 is 1.36 bits per heavy atom. The summed E-state index contributed by atoms with van der Waals surface area (Å²) in [5.74, 6) is 0.390. The highest BCUT2D eigenvalue weighted by Crippen LogP contribution is 2.40. The summed E-state index contributed by atoms with van der Waals surface area (Å²) in [6.07, 6.45) is 1.82. The highest BCUT2D eigenvalue weighted by atomic mass is 16.6. The summed E-state index contributed by atoms with van der Waals surface area (Å²) in [4.78, 5) is 16.3. The fraction of sp³-hybridized carbons (Fsp3) is 0.778. The molecule has 0 aromatic carbocycles. The van der Waals surface area contributed by atoms with Crippen molar-refractivity contribution in [2.45, 2.75) is 59.5 Å². The molecule has 1 saturated heterocycles. The standard InChI is InChI=1S/C18H31N3O4/c1-11-10-21(17(22)20-15(11)19)16-14(24-8-7-23-6)12(2)13(25-16)9-18(3,4)5/h10,12-14,16H,7-9H2,1-6H3,(H2,19,20,22)/t12-,13-,14-,16-/m1/s1. The Kier molecular flexibility index (Phi) is 6.24. The van der Waals surface area contributed by atoms with Gasteiger partial charge in [0, 0.05) is 24.8 Å². The molecule has 25 heavy (non-hydrogen) atoms. The lowest BCUT2D eigenvalue weighted by molar-refractivity contribution is -0.0776. The molecule has 1 aromatic heterocycles. The molecule has 2 rings (SSSR count). The van der Waals surface area contributed by atoms with Crippen molar-refractivity contribution in [1.29, 1.82) is 0 Å². The quantitative estimate of drug-likeness (QED) is 0.788. The highest BCUT2D eigenvalue weighted by molar-refractivity contribution is 5.35. The zero-order valence-electron chi connectivity index (χ0n) is 16.1. The molecule has 2 heterocycles. The third-order valence-electron chi connectivity index (χ3n) is 4.56. The summed E-state index contributed by atoms with van der Waals surface area (Å²) in [7, 11) is 1.63. The van der Waals surface area contributed by atoms with Crippen LogP contribution in [0.15, 0.2) is 11.0 Å². The van der Waals surface area contributed by atoms with Crippen LogP contribution >= 0.6 is 0 Å². The largest absolute Gasteiger partial charge is 0.383 e. The Labute approximate surface area is 149 Å². The molecule has 2 N–H and O–H groups in total. The van der Waals surface area contributed by atoms with Gasteiger partial charge < -0.3 is 19.9 Å². The van der Waals surface area contributed by atoms with Crippen LogP contribution in [-0.2, 0) is 14.2 Å². The minimum atomic E-state index is -0.515. The molecule has 1 aliphatic rings. The van der Waals surface area contributed by atoms with Crippen LogP contribution in [0.4, 0.5) is 5.82 Å². The Hall–Kier alpha value is -1.44. The topological polar surface area (TPSA) is 88.6 Å². The second-order valence-electron chi connectivity index (χ2n) is 8.02. The lowest BCUT2D eigenvalue weighted by atomic mass is 9.84. The summed E-state index contributed by atoms with van der Waals surface area (Å²) in [6, 6.07) is 0. The first kappa shape index (κ1) is 19.9. The van der Waals surface area contributed by atoms with Gasteiger partial charge in [-0.05, 0) is 18.8 Å². The number of hydrogen-bond acceptors (Lipinski definition) is 6. The number of rotatable bonds is 6. The van der Waals surface area contributed by atoms with Crippen molar-refractivity contribution in [3.8, 4) is 0 Å². The maximum Gasteiger partial charge on any atom is 0.351 e. The molecule has 7 heteroatoms. The van der Waals surface area contributed by atoms with Crippen molar-refractivity contribution in [3.05, 3.63) is 22.2 Å². The number of aryl methyl sites for hydroxylation is 1. The van der Waals surface area contributed by atoms with Crippen LogP contribution in [0.2, 0.25) is 0 Å². The van der Waals surface area contributed by atoms with E-state index in [0.29, 0.717) is 13.2 Å². The van der Waals surface area contributed by atoms with Crippen molar-refractivity contribution in [1.82, 2.24) is 9.55 Å². The monoisotopic (exact) mass is 353 g/mol. The number of hydrogen-bond donors (Lipinski definition) is 1. The zero-order valence-corrected chi connectivity index (χ0v) is 16.1. The smallest absolute Gasteiger partial charge is 0.351 e. The van der Waals surface area contributed by atoms with E-state index in [1.54, 1.807) is 13.3 Å². The zero-order chi connectivity index (χ0) is 18.8. The summed E-state index contributed by atoms with van der Waals surface area (Å²) in [5.41, 5.74) is 6.18. The predicted octanol–water partition coefficient (Wildman–Crippen LogP) is 2.14. The number of anilines is 1. The molecule has 0 spiro atoms. The maximum atomic E-state index is 12.4. The van der Waals surface area contributed by atoms with E-state index in [1.165, 1.54) is 4.57 Å². The van der Waals surface area contributed by atoms with Crippen LogP contribution < -0.4 is 11.4 Å². The van der Waals surface area contributed by atoms with Gasteiger partial charge in [0.2, 0.25) is 0 Å². The van der Waals surface area contributed by atoms with Gasteiger partial charge in [-0.1, -0.05) is 27.7 Å². The molecule has 7 nitrogen and oxygen atoms in total. The molecule has 0 aliphatic carbocycles. The lowest BCUT2D eigenvalue weighted by Crippen LogP contribution is -2.35. The van der Waals surface area contributed by atoms with E-state index in [0.717, 1.165) is 12.0 Å². The molecule has 4 atom stereocenters. The fourth-order valence-corrected chi connectivity index (χ4v) is 3.18. The van der Waals surface area contributed by atoms with E-state index in [2.05, 4.69) is 32.7 Å². The number of aromatic nitrogens is 2. The Bertz CT molecular complexity index is 638. The van der Waals surface area contributed by atoms with Crippen molar-refractivity contribution in [3.63, 3.8) is 0 Å². The SMILES string of the molecule is COCCO[C@@H]1[C@H](C)[C@@H](CC(C)(C)C)O[C@H]1n1cc(C)c(N)nc1=O. The van der Waals surface area contributed by atoms with Gasteiger partial charge in [-0.25, -0.2) is 4.79 Å². The molecular weight excluding hydrogens is 322 g/mol. The maximum absolute atomic E-state index is 12.4. The summed E-state index contributed by atoms with van der Waals surface area (Å²) in [5, 5.41) is 0. The normalized spacial score (nSPS) is 27.0. The summed E-state index contributed by atoms with van der Waals surface area (Å²) < 4.78 is 18.9. The number of nitrogen functional groups attached to an aromatic ring is 1. The predicted molar refractivity (Wildman–Crippen MR) is 96.4 cm³/mol. The molecule has 0 amide bonds. The molecular formula is C18H31N3O4. The van der Waals surface area contributed by atoms with Crippen LogP contribution in [-0.4, -0.2) is 42.1 Å². The van der Waals surface area contributed by atoms with Gasteiger partial charge in [0.05, 0.1) is 19.3 Å². The molecule has 1 aromatic rings. The van der Waals surface area contributed by atoms with Gasteiger partial charge in [-0.3, -0.25) is 4.57 Å². The third-order valence-corrected chi connectivity index (χ3v) is 4.56. The van der Waals surface area contributed by atoms with Crippen LogP contribution in [0.5, 0.6) is 0 Å². The van der Waals surface area contributed by atoms with Crippen LogP contribution in [0, 0.1) is 18.3 Å². The second kappa shape index (κ2) is 7.85. The van der Waals surface area contributed by atoms with E-state index in [4.69, 9.17) is 19.9 Å².